The van der Waals surface area contributed by atoms with E-state index in [1.807, 2.05) is 35.8 Å². The van der Waals surface area contributed by atoms with Crippen LogP contribution in [0.5, 0.6) is 0 Å². The maximum absolute atomic E-state index is 12.6. The fourth-order valence-corrected chi connectivity index (χ4v) is 5.40. The highest BCUT2D eigenvalue weighted by Gasteiger charge is 2.24. The van der Waals surface area contributed by atoms with Gasteiger partial charge in [0.2, 0.25) is 0 Å². The highest BCUT2D eigenvalue weighted by molar-refractivity contribution is 7.98. The zero-order chi connectivity index (χ0) is 23.2. The second-order valence-electron chi connectivity index (χ2n) is 8.22. The summed E-state index contributed by atoms with van der Waals surface area (Å²) in [7, 11) is 0. The molecule has 1 aromatic heterocycles. The predicted molar refractivity (Wildman–Crippen MR) is 134 cm³/mol. The molecule has 1 unspecified atom stereocenters. The number of nitrogens with zero attached hydrogens (tertiary/aromatic N) is 3. The molecule has 1 heterocycles. The predicted octanol–water partition coefficient (Wildman–Crippen LogP) is 6.56. The molecule has 0 spiro atoms. The van der Waals surface area contributed by atoms with Crippen LogP contribution >= 0.6 is 35.0 Å². The first-order chi connectivity index (χ1) is 16.0. The van der Waals surface area contributed by atoms with Crippen LogP contribution in [0.15, 0.2) is 53.7 Å². The zero-order valence-corrected chi connectivity index (χ0v) is 20.8. The van der Waals surface area contributed by atoms with E-state index >= 15 is 0 Å². The molecule has 3 aromatic rings. The van der Waals surface area contributed by atoms with E-state index in [1.165, 1.54) is 12.0 Å². The van der Waals surface area contributed by atoms with Gasteiger partial charge in [-0.05, 0) is 43.5 Å². The summed E-state index contributed by atoms with van der Waals surface area (Å²) in [5.74, 6) is 1.34. The van der Waals surface area contributed by atoms with Crippen LogP contribution < -0.4 is 10.6 Å². The Bertz CT molecular complexity index is 1090. The third-order valence-electron chi connectivity index (χ3n) is 5.70. The van der Waals surface area contributed by atoms with Crippen LogP contribution in [0, 0.1) is 0 Å². The minimum absolute atomic E-state index is 0.190. The van der Waals surface area contributed by atoms with Crippen molar-refractivity contribution in [1.82, 2.24) is 25.4 Å². The number of amides is 2. The summed E-state index contributed by atoms with van der Waals surface area (Å²) >= 11 is 14.2. The van der Waals surface area contributed by atoms with Crippen LogP contribution in [-0.4, -0.2) is 26.8 Å². The summed E-state index contributed by atoms with van der Waals surface area (Å²) in [4.78, 5) is 12.6. The lowest BCUT2D eigenvalue weighted by Gasteiger charge is -2.24. The second-order valence-corrected chi connectivity index (χ2v) is 10.0. The molecule has 33 heavy (non-hydrogen) atoms. The number of rotatable bonds is 7. The number of carbonyl (C=O) groups excluding carboxylic acids is 1. The summed E-state index contributed by atoms with van der Waals surface area (Å²) in [6.45, 7) is 1.90. The van der Waals surface area contributed by atoms with Crippen molar-refractivity contribution in [2.24, 2.45) is 0 Å². The Labute approximate surface area is 208 Å². The Morgan fingerprint density at radius 3 is 2.61 bits per heavy atom. The van der Waals surface area contributed by atoms with Gasteiger partial charge in [0.1, 0.15) is 0 Å². The molecule has 1 fully saturated rings. The summed E-state index contributed by atoms with van der Waals surface area (Å²) in [5.41, 5.74) is 1.90. The molecule has 1 aliphatic rings. The van der Waals surface area contributed by atoms with E-state index in [9.17, 15) is 4.79 Å². The van der Waals surface area contributed by atoms with E-state index in [-0.39, 0.29) is 18.1 Å². The van der Waals surface area contributed by atoms with Crippen molar-refractivity contribution < 1.29 is 4.79 Å². The first-order valence-electron chi connectivity index (χ1n) is 11.2. The maximum Gasteiger partial charge on any atom is 0.315 e. The van der Waals surface area contributed by atoms with Crippen molar-refractivity contribution in [2.75, 3.05) is 0 Å². The molecule has 9 heteroatoms. The van der Waals surface area contributed by atoms with Gasteiger partial charge in [0.25, 0.3) is 0 Å². The van der Waals surface area contributed by atoms with Crippen molar-refractivity contribution in [1.29, 1.82) is 0 Å². The Kier molecular flexibility index (Phi) is 8.17. The molecule has 2 N–H and O–H groups in total. The molecule has 2 aromatic carbocycles. The quantitative estimate of drug-likeness (QED) is 0.358. The highest BCUT2D eigenvalue weighted by atomic mass is 35.5. The monoisotopic (exact) mass is 503 g/mol. The largest absolute Gasteiger partial charge is 0.335 e. The fraction of sp³-hybridized carbons (Fsp3) is 0.375. The lowest BCUT2D eigenvalue weighted by molar-refractivity contribution is 0.229. The van der Waals surface area contributed by atoms with Gasteiger partial charge < -0.3 is 10.6 Å². The average Bonchev–Trinajstić information content (AvgIpc) is 3.23. The average molecular weight is 504 g/mol. The van der Waals surface area contributed by atoms with Gasteiger partial charge in [-0.2, -0.15) is 0 Å². The van der Waals surface area contributed by atoms with Gasteiger partial charge in [-0.3, -0.25) is 4.57 Å². The van der Waals surface area contributed by atoms with Gasteiger partial charge in [0.05, 0.1) is 16.8 Å². The van der Waals surface area contributed by atoms with Crippen LogP contribution in [0.1, 0.15) is 56.5 Å². The molecule has 2 amide bonds. The number of benzene rings is 2. The van der Waals surface area contributed by atoms with E-state index in [0.717, 1.165) is 37.1 Å². The number of carbonyl (C=O) groups is 1. The van der Waals surface area contributed by atoms with E-state index in [2.05, 4.69) is 33.0 Å². The Morgan fingerprint density at radius 2 is 1.88 bits per heavy atom. The van der Waals surface area contributed by atoms with Crippen LogP contribution in [0.25, 0.3) is 5.69 Å². The number of urea groups is 1. The smallest absolute Gasteiger partial charge is 0.315 e. The van der Waals surface area contributed by atoms with Crippen molar-refractivity contribution in [3.05, 3.63) is 70.0 Å². The van der Waals surface area contributed by atoms with Crippen molar-refractivity contribution in [3.8, 4) is 5.69 Å². The van der Waals surface area contributed by atoms with Gasteiger partial charge in [0, 0.05) is 16.8 Å². The molecule has 6 nitrogen and oxygen atoms in total. The van der Waals surface area contributed by atoms with E-state index in [1.54, 1.807) is 23.9 Å². The number of hydrogen-bond acceptors (Lipinski definition) is 4. The Balaban J connectivity index is 1.57. The lowest BCUT2D eigenvalue weighted by Crippen LogP contribution is -2.44. The lowest BCUT2D eigenvalue weighted by atomic mass is 9.96. The molecule has 0 aliphatic heterocycles. The Hall–Kier alpha value is -2.22. The summed E-state index contributed by atoms with van der Waals surface area (Å²) in [5, 5.41) is 16.7. The highest BCUT2D eigenvalue weighted by Crippen LogP contribution is 2.32. The van der Waals surface area contributed by atoms with Gasteiger partial charge in [0.15, 0.2) is 11.0 Å². The minimum atomic E-state index is -0.376. The first-order valence-corrected chi connectivity index (χ1v) is 12.9. The molecule has 1 saturated carbocycles. The summed E-state index contributed by atoms with van der Waals surface area (Å²) < 4.78 is 1.90. The third-order valence-corrected chi connectivity index (χ3v) is 7.23. The molecule has 1 aliphatic carbocycles. The molecular formula is C24H27Cl2N5OS. The van der Waals surface area contributed by atoms with Crippen LogP contribution in [-0.2, 0) is 5.75 Å². The molecule has 4 rings (SSSR count). The van der Waals surface area contributed by atoms with Gasteiger partial charge in [-0.15, -0.1) is 10.2 Å². The molecule has 0 saturated heterocycles. The number of thioether (sulfide) groups is 1. The van der Waals surface area contributed by atoms with E-state index < -0.39 is 0 Å². The molecule has 0 bridgehead atoms. The van der Waals surface area contributed by atoms with Gasteiger partial charge in [-0.1, -0.05) is 84.6 Å². The molecular weight excluding hydrogens is 477 g/mol. The molecule has 1 atom stereocenters. The second kappa shape index (κ2) is 11.3. The first kappa shape index (κ1) is 23.9. The van der Waals surface area contributed by atoms with Crippen LogP contribution in [0.3, 0.4) is 0 Å². The van der Waals surface area contributed by atoms with E-state index in [4.69, 9.17) is 23.2 Å². The van der Waals surface area contributed by atoms with Crippen LogP contribution in [0.2, 0.25) is 10.0 Å². The van der Waals surface area contributed by atoms with Crippen molar-refractivity contribution in [2.45, 2.75) is 62.0 Å². The van der Waals surface area contributed by atoms with Crippen molar-refractivity contribution >= 4 is 41.0 Å². The summed E-state index contributed by atoms with van der Waals surface area (Å²) in [6.07, 6.45) is 5.61. The topological polar surface area (TPSA) is 71.8 Å². The maximum atomic E-state index is 12.6. The van der Waals surface area contributed by atoms with Crippen LogP contribution in [0.4, 0.5) is 4.79 Å². The standard InChI is InChI=1S/C24H27Cl2N5OS/c1-16(27-23(32)28-19-10-6-3-7-11-19)22-29-30-24(33-15-17-8-4-2-5-9-17)31(22)21-13-12-18(25)14-20(21)26/h2,4-5,8-9,12-14,16,19H,3,6-7,10-11,15H2,1H3,(H2,27,28,32). The zero-order valence-electron chi connectivity index (χ0n) is 18.4. The minimum Gasteiger partial charge on any atom is -0.335 e. The normalized spacial score (nSPS) is 15.2. The number of aromatic nitrogens is 3. The van der Waals surface area contributed by atoms with Crippen molar-refractivity contribution in [3.63, 3.8) is 0 Å². The molecule has 174 valence electrons. The van der Waals surface area contributed by atoms with Gasteiger partial charge in [-0.25, -0.2) is 4.79 Å². The van der Waals surface area contributed by atoms with E-state index in [0.29, 0.717) is 21.0 Å². The third kappa shape index (κ3) is 6.22. The number of nitrogens with one attached hydrogen (secondary N) is 2. The Morgan fingerprint density at radius 1 is 1.12 bits per heavy atom. The SMILES string of the molecule is CC(NC(=O)NC1CCCCC1)c1nnc(SCc2ccccc2)n1-c1ccc(Cl)cc1Cl. The fourth-order valence-electron chi connectivity index (χ4n) is 4.00. The number of halogens is 2. The van der Waals surface area contributed by atoms with Gasteiger partial charge >= 0.3 is 6.03 Å². The number of hydrogen-bond donors (Lipinski definition) is 2. The molecule has 0 radical (unpaired) electrons. The summed E-state index contributed by atoms with van der Waals surface area (Å²) in [6, 6.07) is 15.2.